The summed E-state index contributed by atoms with van der Waals surface area (Å²) in [5.74, 6) is 0.916. The van der Waals surface area contributed by atoms with E-state index in [-0.39, 0.29) is 0 Å². The van der Waals surface area contributed by atoms with E-state index in [9.17, 15) is 0 Å². The fourth-order valence-corrected chi connectivity index (χ4v) is 13.9. The number of rotatable bonds is 6. The first-order chi connectivity index (χ1) is 25.3. The van der Waals surface area contributed by atoms with Gasteiger partial charge in [0.1, 0.15) is 5.82 Å². The van der Waals surface area contributed by atoms with Crippen molar-refractivity contribution in [1.82, 2.24) is 14.5 Å². The van der Waals surface area contributed by atoms with Gasteiger partial charge in [0.2, 0.25) is 0 Å². The summed E-state index contributed by atoms with van der Waals surface area (Å²) < 4.78 is 4.97. The number of hydrogen-bond donors (Lipinski definition) is 0. The van der Waals surface area contributed by atoms with Crippen LogP contribution in [0.15, 0.2) is 188 Å². The Balaban J connectivity index is 1.33. The van der Waals surface area contributed by atoms with E-state index in [1.165, 1.54) is 57.2 Å². The summed E-state index contributed by atoms with van der Waals surface area (Å²) >= 11 is 1.86. The fraction of sp³-hybridized carbons (Fsp3) is 0. The maximum atomic E-state index is 4.93. The number of nitrogens with zero attached hydrogens (tertiary/aromatic N) is 3. The third-order valence-electron chi connectivity index (χ3n) is 10.2. The van der Waals surface area contributed by atoms with Crippen LogP contribution in [0.2, 0.25) is 0 Å². The zero-order valence-electron chi connectivity index (χ0n) is 27.6. The van der Waals surface area contributed by atoms with Gasteiger partial charge in [0.25, 0.3) is 0 Å². The quantitative estimate of drug-likeness (QED) is 0.129. The first-order valence-corrected chi connectivity index (χ1v) is 20.0. The van der Waals surface area contributed by atoms with E-state index < -0.39 is 8.07 Å². The molecule has 4 heterocycles. The van der Waals surface area contributed by atoms with Crippen LogP contribution in [0, 0.1) is 0 Å². The Hall–Kier alpha value is -6.14. The SMILES string of the molecule is c1ccc([Si](c2ccccc2)(c2cccc(-c3ccccn3)c2)c2ccc3c4cc5c(cc4n(-c4ccccn4)c3c2)sc2ccccc25)cc1. The molecule has 0 amide bonds. The highest BCUT2D eigenvalue weighted by atomic mass is 32.1. The molecule has 0 unspecified atom stereocenters. The first-order valence-electron chi connectivity index (χ1n) is 17.2. The number of fused-ring (bicyclic) bond motifs is 6. The minimum absolute atomic E-state index is 0.916. The molecule has 4 aromatic heterocycles. The minimum Gasteiger partial charge on any atom is -0.294 e. The van der Waals surface area contributed by atoms with Gasteiger partial charge in [0.05, 0.1) is 16.7 Å². The molecule has 10 aromatic rings. The van der Waals surface area contributed by atoms with Gasteiger partial charge in [-0.3, -0.25) is 9.55 Å². The molecule has 240 valence electrons. The van der Waals surface area contributed by atoms with Gasteiger partial charge in [0, 0.05) is 48.9 Å². The molecule has 0 aliphatic carbocycles. The largest absolute Gasteiger partial charge is 0.294 e. The molecular weight excluding hydrogens is 655 g/mol. The van der Waals surface area contributed by atoms with Crippen LogP contribution in [-0.4, -0.2) is 22.6 Å². The molecule has 3 nitrogen and oxygen atoms in total. The monoisotopic (exact) mass is 685 g/mol. The summed E-state index contributed by atoms with van der Waals surface area (Å²) in [5, 5.41) is 10.4. The molecule has 0 saturated heterocycles. The van der Waals surface area contributed by atoms with Crippen LogP contribution >= 0.6 is 11.3 Å². The van der Waals surface area contributed by atoms with Gasteiger partial charge in [-0.15, -0.1) is 11.3 Å². The third-order valence-corrected chi connectivity index (χ3v) is 16.1. The van der Waals surface area contributed by atoms with Crippen LogP contribution in [0.4, 0.5) is 0 Å². The molecule has 0 saturated carbocycles. The zero-order chi connectivity index (χ0) is 33.8. The Morgan fingerprint density at radius 1 is 0.412 bits per heavy atom. The van der Waals surface area contributed by atoms with Crippen molar-refractivity contribution in [3.63, 3.8) is 0 Å². The van der Waals surface area contributed by atoms with Crippen molar-refractivity contribution in [2.45, 2.75) is 0 Å². The minimum atomic E-state index is -2.88. The van der Waals surface area contributed by atoms with Gasteiger partial charge in [-0.25, -0.2) is 4.98 Å². The summed E-state index contributed by atoms with van der Waals surface area (Å²) in [6.45, 7) is 0. The van der Waals surface area contributed by atoms with Crippen LogP contribution in [0.3, 0.4) is 0 Å². The van der Waals surface area contributed by atoms with Crippen molar-refractivity contribution in [3.05, 3.63) is 188 Å². The molecular formula is C46H31N3SSi. The molecule has 0 atom stereocenters. The van der Waals surface area contributed by atoms with Crippen LogP contribution in [0.25, 0.3) is 59.1 Å². The Kier molecular flexibility index (Phi) is 7.01. The van der Waals surface area contributed by atoms with Crippen molar-refractivity contribution in [2.24, 2.45) is 0 Å². The number of thiophene rings is 1. The molecule has 6 aromatic carbocycles. The summed E-state index contributed by atoms with van der Waals surface area (Å²) in [6, 6.07) is 64.4. The molecule has 0 aliphatic heterocycles. The Morgan fingerprint density at radius 2 is 1.08 bits per heavy atom. The van der Waals surface area contributed by atoms with Gasteiger partial charge < -0.3 is 0 Å². The third kappa shape index (κ3) is 4.70. The van der Waals surface area contributed by atoms with Crippen LogP contribution in [-0.2, 0) is 0 Å². The van der Waals surface area contributed by atoms with Gasteiger partial charge in [-0.05, 0) is 69.3 Å². The molecule has 0 bridgehead atoms. The molecule has 5 heteroatoms. The topological polar surface area (TPSA) is 30.7 Å². The number of aromatic nitrogens is 3. The van der Waals surface area contributed by atoms with Crippen molar-refractivity contribution < 1.29 is 0 Å². The highest BCUT2D eigenvalue weighted by Crippen LogP contribution is 2.40. The number of pyridine rings is 2. The average Bonchev–Trinajstić information content (AvgIpc) is 3.73. The van der Waals surface area contributed by atoms with E-state index in [0.29, 0.717) is 0 Å². The highest BCUT2D eigenvalue weighted by Gasteiger charge is 2.42. The lowest BCUT2D eigenvalue weighted by atomic mass is 10.1. The van der Waals surface area contributed by atoms with Crippen molar-refractivity contribution in [3.8, 4) is 17.1 Å². The summed E-state index contributed by atoms with van der Waals surface area (Å²) in [6.07, 6.45) is 3.77. The molecule has 0 fully saturated rings. The summed E-state index contributed by atoms with van der Waals surface area (Å²) in [4.78, 5) is 9.67. The molecule has 0 spiro atoms. The highest BCUT2D eigenvalue weighted by molar-refractivity contribution is 7.26. The van der Waals surface area contributed by atoms with Crippen LogP contribution in [0.1, 0.15) is 0 Å². The second-order valence-electron chi connectivity index (χ2n) is 13.0. The lowest BCUT2D eigenvalue weighted by Gasteiger charge is -2.34. The second kappa shape index (κ2) is 12.0. The van der Waals surface area contributed by atoms with Crippen molar-refractivity contribution in [1.29, 1.82) is 0 Å². The van der Waals surface area contributed by atoms with E-state index in [1.54, 1.807) is 0 Å². The number of hydrogen-bond acceptors (Lipinski definition) is 3. The molecule has 51 heavy (non-hydrogen) atoms. The Labute approximate surface area is 300 Å². The van der Waals surface area contributed by atoms with E-state index in [2.05, 4.69) is 168 Å². The predicted octanol–water partition coefficient (Wildman–Crippen LogP) is 8.99. The van der Waals surface area contributed by atoms with Gasteiger partial charge >= 0.3 is 0 Å². The van der Waals surface area contributed by atoms with Crippen molar-refractivity contribution >= 4 is 82.1 Å². The maximum Gasteiger partial charge on any atom is 0.179 e. The molecule has 0 radical (unpaired) electrons. The zero-order valence-corrected chi connectivity index (χ0v) is 29.5. The van der Waals surface area contributed by atoms with E-state index in [0.717, 1.165) is 22.6 Å². The van der Waals surface area contributed by atoms with Crippen LogP contribution < -0.4 is 20.7 Å². The average molecular weight is 686 g/mol. The lowest BCUT2D eigenvalue weighted by molar-refractivity contribution is 1.08. The Morgan fingerprint density at radius 3 is 1.82 bits per heavy atom. The first kappa shape index (κ1) is 29.7. The molecule has 10 rings (SSSR count). The standard InChI is InChI=1S/C46H31N3SSi/c1-3-15-33(16-4-1)51(34-17-5-2-6-18-34,35-19-13-14-32(28-35)41-21-9-11-26-47-41)36-24-25-37-39-30-40-38-20-7-8-22-44(38)50-45(40)31-43(39)49(42(37)29-36)46-23-10-12-27-48-46/h1-31H. The van der Waals surface area contributed by atoms with Crippen LogP contribution in [0.5, 0.6) is 0 Å². The molecule has 0 aliphatic rings. The van der Waals surface area contributed by atoms with E-state index >= 15 is 0 Å². The normalized spacial score (nSPS) is 11.9. The van der Waals surface area contributed by atoms with E-state index in [4.69, 9.17) is 9.97 Å². The Bertz CT molecular complexity index is 2810. The van der Waals surface area contributed by atoms with E-state index in [1.807, 2.05) is 35.9 Å². The molecule has 0 N–H and O–H groups in total. The second-order valence-corrected chi connectivity index (χ2v) is 17.9. The smallest absolute Gasteiger partial charge is 0.179 e. The summed E-state index contributed by atoms with van der Waals surface area (Å²) in [5.41, 5.74) is 4.42. The predicted molar refractivity (Wildman–Crippen MR) is 218 cm³/mol. The van der Waals surface area contributed by atoms with Gasteiger partial charge in [0.15, 0.2) is 8.07 Å². The van der Waals surface area contributed by atoms with Gasteiger partial charge in [-0.2, -0.15) is 0 Å². The fourth-order valence-electron chi connectivity index (χ4n) is 8.02. The maximum absolute atomic E-state index is 4.93. The lowest BCUT2D eigenvalue weighted by Crippen LogP contribution is -2.74. The summed E-state index contributed by atoms with van der Waals surface area (Å²) in [7, 11) is -2.88. The van der Waals surface area contributed by atoms with Crippen molar-refractivity contribution in [2.75, 3.05) is 0 Å². The van der Waals surface area contributed by atoms with Gasteiger partial charge in [-0.1, -0.05) is 127 Å². The number of benzene rings is 6.